The molecule has 0 saturated heterocycles. The smallest absolute Gasteiger partial charge is 0.326 e. The average Bonchev–Trinajstić information content (AvgIpc) is 2.82. The summed E-state index contributed by atoms with van der Waals surface area (Å²) in [7, 11) is 0. The van der Waals surface area contributed by atoms with E-state index in [0.29, 0.717) is 17.6 Å². The van der Waals surface area contributed by atoms with Gasteiger partial charge in [0, 0.05) is 6.54 Å². The normalized spacial score (nSPS) is 10.9. The number of imidazole rings is 1. The minimum Gasteiger partial charge on any atom is -0.350 e. The molecule has 0 spiro atoms. The lowest BCUT2D eigenvalue weighted by Gasteiger charge is -2.07. The van der Waals surface area contributed by atoms with Crippen molar-refractivity contribution >= 4 is 16.9 Å². The van der Waals surface area contributed by atoms with Gasteiger partial charge in [-0.1, -0.05) is 29.8 Å². The zero-order valence-corrected chi connectivity index (χ0v) is 12.6. The van der Waals surface area contributed by atoms with E-state index in [1.165, 1.54) is 22.8 Å². The van der Waals surface area contributed by atoms with Crippen molar-refractivity contribution in [3.05, 3.63) is 69.9 Å². The van der Waals surface area contributed by atoms with Crippen LogP contribution in [0.1, 0.15) is 11.1 Å². The number of nitrogens with one attached hydrogen (secondary N) is 2. The van der Waals surface area contributed by atoms with Gasteiger partial charge in [0.15, 0.2) is 0 Å². The summed E-state index contributed by atoms with van der Waals surface area (Å²) in [6, 6.07) is 11.8. The van der Waals surface area contributed by atoms with Gasteiger partial charge in [0.2, 0.25) is 5.91 Å². The Bertz CT molecular complexity index is 910. The molecule has 1 aromatic heterocycles. The number of H-pyrrole nitrogens is 1. The zero-order valence-electron chi connectivity index (χ0n) is 12.6. The van der Waals surface area contributed by atoms with E-state index in [1.807, 2.05) is 31.2 Å². The molecule has 2 aromatic carbocycles. The summed E-state index contributed by atoms with van der Waals surface area (Å²) < 4.78 is 14.5. The van der Waals surface area contributed by atoms with E-state index in [2.05, 4.69) is 10.3 Å². The highest BCUT2D eigenvalue weighted by molar-refractivity contribution is 5.80. The molecule has 0 atom stereocenters. The molecule has 5 nitrogen and oxygen atoms in total. The Labute approximate surface area is 131 Å². The van der Waals surface area contributed by atoms with Crippen LogP contribution < -0.4 is 11.0 Å². The largest absolute Gasteiger partial charge is 0.350 e. The Balaban J connectivity index is 1.71. The number of rotatable bonds is 4. The lowest BCUT2D eigenvalue weighted by atomic mass is 10.1. The zero-order chi connectivity index (χ0) is 16.4. The lowest BCUT2D eigenvalue weighted by molar-refractivity contribution is -0.121. The summed E-state index contributed by atoms with van der Waals surface area (Å²) in [6.45, 7) is 2.27. The molecule has 3 aromatic rings. The van der Waals surface area contributed by atoms with Gasteiger partial charge < -0.3 is 10.3 Å². The molecule has 2 N–H and O–H groups in total. The number of benzene rings is 2. The number of fused-ring (bicyclic) bond motifs is 1. The number of aryl methyl sites for hydroxylation is 1. The van der Waals surface area contributed by atoms with Crippen LogP contribution in [0.15, 0.2) is 47.3 Å². The quantitative estimate of drug-likeness (QED) is 0.774. The lowest BCUT2D eigenvalue weighted by Crippen LogP contribution is -2.30. The Morgan fingerprint density at radius 2 is 1.96 bits per heavy atom. The van der Waals surface area contributed by atoms with Gasteiger partial charge in [0.25, 0.3) is 0 Å². The fraction of sp³-hybridized carbons (Fsp3) is 0.176. The van der Waals surface area contributed by atoms with Crippen LogP contribution in [0.2, 0.25) is 0 Å². The van der Waals surface area contributed by atoms with Crippen molar-refractivity contribution in [2.45, 2.75) is 20.0 Å². The third-order valence-corrected chi connectivity index (χ3v) is 3.65. The molecule has 1 heterocycles. The highest BCUT2D eigenvalue weighted by Crippen LogP contribution is 2.11. The molecule has 0 saturated carbocycles. The third kappa shape index (κ3) is 3.31. The molecular weight excluding hydrogens is 297 g/mol. The first-order valence-corrected chi connectivity index (χ1v) is 7.23. The van der Waals surface area contributed by atoms with E-state index < -0.39 is 11.5 Å². The molecule has 0 bridgehead atoms. The van der Waals surface area contributed by atoms with Crippen LogP contribution in [-0.2, 0) is 17.9 Å². The molecule has 0 fully saturated rings. The molecule has 0 radical (unpaired) electrons. The first-order chi connectivity index (χ1) is 11.0. The van der Waals surface area contributed by atoms with Gasteiger partial charge in [-0.15, -0.1) is 0 Å². The van der Waals surface area contributed by atoms with Crippen molar-refractivity contribution in [1.29, 1.82) is 0 Å². The molecule has 1 amide bonds. The fourth-order valence-electron chi connectivity index (χ4n) is 2.40. The maximum atomic E-state index is 13.2. The Morgan fingerprint density at radius 1 is 1.22 bits per heavy atom. The predicted molar refractivity (Wildman–Crippen MR) is 85.5 cm³/mol. The minimum atomic E-state index is -0.435. The number of halogens is 1. The second-order valence-corrected chi connectivity index (χ2v) is 5.44. The Kier molecular flexibility index (Phi) is 3.97. The summed E-state index contributed by atoms with van der Waals surface area (Å²) in [4.78, 5) is 26.5. The summed E-state index contributed by atoms with van der Waals surface area (Å²) in [5.74, 6) is -0.715. The van der Waals surface area contributed by atoms with E-state index in [-0.39, 0.29) is 12.5 Å². The van der Waals surface area contributed by atoms with Gasteiger partial charge in [-0.05, 0) is 30.7 Å². The van der Waals surface area contributed by atoms with Crippen LogP contribution in [0.5, 0.6) is 0 Å². The molecule has 0 aliphatic rings. The summed E-state index contributed by atoms with van der Waals surface area (Å²) >= 11 is 0. The van der Waals surface area contributed by atoms with E-state index in [9.17, 15) is 14.0 Å². The molecular formula is C17H16FN3O2. The van der Waals surface area contributed by atoms with Gasteiger partial charge in [-0.3, -0.25) is 9.36 Å². The number of amides is 1. The fourth-order valence-corrected chi connectivity index (χ4v) is 2.40. The van der Waals surface area contributed by atoms with Gasteiger partial charge in [0.1, 0.15) is 12.4 Å². The number of aromatic nitrogens is 2. The van der Waals surface area contributed by atoms with Crippen LogP contribution in [0.3, 0.4) is 0 Å². The average molecular weight is 313 g/mol. The van der Waals surface area contributed by atoms with Gasteiger partial charge in [-0.25, -0.2) is 9.18 Å². The standard InChI is InChI=1S/C17H16FN3O2/c1-11-2-4-12(5-3-11)9-19-16(22)10-21-15-7-6-13(18)8-14(15)20-17(21)23/h2-8H,9-10H2,1H3,(H,19,22)(H,20,23). The molecule has 23 heavy (non-hydrogen) atoms. The first-order valence-electron chi connectivity index (χ1n) is 7.23. The topological polar surface area (TPSA) is 66.9 Å². The minimum absolute atomic E-state index is 0.115. The van der Waals surface area contributed by atoms with Crippen molar-refractivity contribution in [1.82, 2.24) is 14.9 Å². The Hall–Kier alpha value is -2.89. The van der Waals surface area contributed by atoms with Crippen LogP contribution >= 0.6 is 0 Å². The van der Waals surface area contributed by atoms with Crippen LogP contribution in [0.25, 0.3) is 11.0 Å². The number of hydrogen-bond acceptors (Lipinski definition) is 2. The van der Waals surface area contributed by atoms with Crippen LogP contribution in [-0.4, -0.2) is 15.5 Å². The van der Waals surface area contributed by atoms with Crippen molar-refractivity contribution < 1.29 is 9.18 Å². The Morgan fingerprint density at radius 3 is 2.70 bits per heavy atom. The van der Waals surface area contributed by atoms with Gasteiger partial charge >= 0.3 is 5.69 Å². The maximum absolute atomic E-state index is 13.2. The number of carbonyl (C=O) groups excluding carboxylic acids is 1. The van der Waals surface area contributed by atoms with Gasteiger partial charge in [-0.2, -0.15) is 0 Å². The second kappa shape index (κ2) is 6.08. The van der Waals surface area contributed by atoms with Crippen molar-refractivity contribution in [3.63, 3.8) is 0 Å². The SMILES string of the molecule is Cc1ccc(CNC(=O)Cn2c(=O)[nH]c3cc(F)ccc32)cc1. The summed E-state index contributed by atoms with van der Waals surface area (Å²) in [5, 5.41) is 2.77. The van der Waals surface area contributed by atoms with Crippen LogP contribution in [0.4, 0.5) is 4.39 Å². The number of hydrogen-bond donors (Lipinski definition) is 2. The summed E-state index contributed by atoms with van der Waals surface area (Å²) in [5.41, 5.74) is 2.58. The summed E-state index contributed by atoms with van der Waals surface area (Å²) in [6.07, 6.45) is 0. The number of aromatic amines is 1. The number of nitrogens with zero attached hydrogens (tertiary/aromatic N) is 1. The molecule has 3 rings (SSSR count). The second-order valence-electron chi connectivity index (χ2n) is 5.44. The monoisotopic (exact) mass is 313 g/mol. The predicted octanol–water partition coefficient (Wildman–Crippen LogP) is 2.09. The van der Waals surface area contributed by atoms with E-state index in [0.717, 1.165) is 11.1 Å². The third-order valence-electron chi connectivity index (χ3n) is 3.65. The number of carbonyl (C=O) groups is 1. The van der Waals surface area contributed by atoms with E-state index >= 15 is 0 Å². The van der Waals surface area contributed by atoms with E-state index in [4.69, 9.17) is 0 Å². The van der Waals surface area contributed by atoms with E-state index in [1.54, 1.807) is 0 Å². The highest BCUT2D eigenvalue weighted by Gasteiger charge is 2.11. The van der Waals surface area contributed by atoms with Gasteiger partial charge in [0.05, 0.1) is 11.0 Å². The molecule has 0 aliphatic carbocycles. The van der Waals surface area contributed by atoms with Crippen molar-refractivity contribution in [3.8, 4) is 0 Å². The van der Waals surface area contributed by atoms with Crippen LogP contribution in [0, 0.1) is 12.7 Å². The molecule has 118 valence electrons. The molecule has 0 unspecified atom stereocenters. The molecule has 6 heteroatoms. The van der Waals surface area contributed by atoms with Crippen molar-refractivity contribution in [2.24, 2.45) is 0 Å². The highest BCUT2D eigenvalue weighted by atomic mass is 19.1. The molecule has 0 aliphatic heterocycles. The first kappa shape index (κ1) is 15.0. The van der Waals surface area contributed by atoms with Crippen molar-refractivity contribution in [2.75, 3.05) is 0 Å². The maximum Gasteiger partial charge on any atom is 0.326 e.